The van der Waals surface area contributed by atoms with Gasteiger partial charge in [0.2, 0.25) is 11.8 Å². The van der Waals surface area contributed by atoms with Gasteiger partial charge in [-0.2, -0.15) is 0 Å². The third-order valence-electron chi connectivity index (χ3n) is 2.45. The van der Waals surface area contributed by atoms with E-state index in [-0.39, 0.29) is 18.7 Å². The predicted molar refractivity (Wildman–Crippen MR) is 50.8 cm³/mol. The molecule has 1 aliphatic heterocycles. The van der Waals surface area contributed by atoms with Gasteiger partial charge in [0.05, 0.1) is 0 Å². The number of amides is 2. The fraction of sp³-hybridized carbons (Fsp3) is 0.667. The van der Waals surface area contributed by atoms with Crippen molar-refractivity contribution in [3.63, 3.8) is 0 Å². The molecule has 0 radical (unpaired) electrons. The third kappa shape index (κ3) is 2.93. The Hall–Kier alpha value is -1.59. The predicted octanol–water partition coefficient (Wildman–Crippen LogP) is -0.673. The molecule has 1 aliphatic rings. The summed E-state index contributed by atoms with van der Waals surface area (Å²) < 4.78 is 0. The highest BCUT2D eigenvalue weighted by atomic mass is 16.4. The number of hydrogen-bond acceptors (Lipinski definition) is 3. The minimum Gasteiger partial charge on any atom is -0.481 e. The Morgan fingerprint density at radius 1 is 1.53 bits per heavy atom. The Bertz CT molecular complexity index is 290. The van der Waals surface area contributed by atoms with Crippen molar-refractivity contribution in [1.82, 2.24) is 4.90 Å². The topological polar surface area (TPSA) is 101 Å². The summed E-state index contributed by atoms with van der Waals surface area (Å²) in [6, 6.07) is -0.768. The fourth-order valence-corrected chi connectivity index (χ4v) is 1.71. The molecule has 1 rings (SSSR count). The maximum Gasteiger partial charge on any atom is 0.303 e. The second-order valence-electron chi connectivity index (χ2n) is 3.54. The van der Waals surface area contributed by atoms with E-state index < -0.39 is 17.9 Å². The van der Waals surface area contributed by atoms with Crippen molar-refractivity contribution in [2.75, 3.05) is 6.54 Å². The molecule has 0 aliphatic carbocycles. The Morgan fingerprint density at radius 3 is 2.60 bits per heavy atom. The first kappa shape index (κ1) is 11.5. The Kier molecular flexibility index (Phi) is 3.65. The molecule has 0 aromatic heterocycles. The van der Waals surface area contributed by atoms with E-state index in [2.05, 4.69) is 0 Å². The Morgan fingerprint density at radius 2 is 2.20 bits per heavy atom. The van der Waals surface area contributed by atoms with Crippen molar-refractivity contribution >= 4 is 17.8 Å². The molecule has 84 valence electrons. The van der Waals surface area contributed by atoms with Crippen LogP contribution in [0.1, 0.15) is 25.7 Å². The fourth-order valence-electron chi connectivity index (χ4n) is 1.71. The molecule has 0 bridgehead atoms. The zero-order chi connectivity index (χ0) is 11.4. The van der Waals surface area contributed by atoms with Crippen LogP contribution in [0.2, 0.25) is 0 Å². The molecule has 1 unspecified atom stereocenters. The number of carbonyl (C=O) groups excluding carboxylic acids is 2. The van der Waals surface area contributed by atoms with E-state index in [1.54, 1.807) is 0 Å². The lowest BCUT2D eigenvalue weighted by molar-refractivity contribution is -0.140. The van der Waals surface area contributed by atoms with Gasteiger partial charge in [-0.05, 0) is 12.8 Å². The van der Waals surface area contributed by atoms with Crippen LogP contribution < -0.4 is 5.73 Å². The lowest BCUT2D eigenvalue weighted by atomic mass is 10.1. The van der Waals surface area contributed by atoms with Gasteiger partial charge in [0, 0.05) is 19.4 Å². The number of primary amides is 1. The number of rotatable bonds is 5. The molecule has 0 aromatic rings. The van der Waals surface area contributed by atoms with E-state index in [9.17, 15) is 14.4 Å². The maximum absolute atomic E-state index is 11.3. The van der Waals surface area contributed by atoms with Crippen molar-refractivity contribution in [3.05, 3.63) is 0 Å². The number of nitrogens with zero attached hydrogens (tertiary/aromatic N) is 1. The summed E-state index contributed by atoms with van der Waals surface area (Å²) in [4.78, 5) is 34.2. The van der Waals surface area contributed by atoms with Crippen LogP contribution in [0.15, 0.2) is 0 Å². The standard InChI is InChI=1S/C9H14N2O4/c10-9(15)6(3-4-8(13)14)11-5-1-2-7(11)12/h6H,1-5H2,(H2,10,15)(H,13,14). The number of carbonyl (C=O) groups is 3. The summed E-state index contributed by atoms with van der Waals surface area (Å²) in [6.45, 7) is 0.492. The van der Waals surface area contributed by atoms with Crippen LogP contribution >= 0.6 is 0 Å². The number of nitrogens with two attached hydrogens (primary N) is 1. The average Bonchev–Trinajstić information content (AvgIpc) is 2.51. The van der Waals surface area contributed by atoms with Crippen LogP contribution in [0.3, 0.4) is 0 Å². The summed E-state index contributed by atoms with van der Waals surface area (Å²) in [5.41, 5.74) is 5.14. The van der Waals surface area contributed by atoms with Gasteiger partial charge in [-0.1, -0.05) is 0 Å². The van der Waals surface area contributed by atoms with E-state index in [1.807, 2.05) is 0 Å². The second-order valence-corrected chi connectivity index (χ2v) is 3.54. The lowest BCUT2D eigenvalue weighted by Gasteiger charge is -2.24. The maximum atomic E-state index is 11.3. The normalized spacial score (nSPS) is 17.9. The number of aliphatic carboxylic acids is 1. The van der Waals surface area contributed by atoms with Crippen molar-refractivity contribution < 1.29 is 19.5 Å². The summed E-state index contributed by atoms with van der Waals surface area (Å²) in [6.07, 6.45) is 1.06. The second kappa shape index (κ2) is 4.77. The van der Waals surface area contributed by atoms with E-state index >= 15 is 0 Å². The minimum atomic E-state index is -0.993. The monoisotopic (exact) mass is 214 g/mol. The Balaban J connectivity index is 2.61. The van der Waals surface area contributed by atoms with Crippen LogP contribution in [0.4, 0.5) is 0 Å². The zero-order valence-electron chi connectivity index (χ0n) is 8.31. The molecule has 1 fully saturated rings. The number of carboxylic acids is 1. The van der Waals surface area contributed by atoms with E-state index in [0.717, 1.165) is 0 Å². The smallest absolute Gasteiger partial charge is 0.303 e. The molecule has 3 N–H and O–H groups in total. The number of likely N-dealkylation sites (tertiary alicyclic amines) is 1. The van der Waals surface area contributed by atoms with Crippen LogP contribution in [-0.4, -0.2) is 40.4 Å². The molecular weight excluding hydrogens is 200 g/mol. The molecule has 0 aromatic carbocycles. The molecular formula is C9H14N2O4. The van der Waals surface area contributed by atoms with Gasteiger partial charge in [0.1, 0.15) is 6.04 Å². The van der Waals surface area contributed by atoms with Gasteiger partial charge >= 0.3 is 5.97 Å². The molecule has 15 heavy (non-hydrogen) atoms. The summed E-state index contributed by atoms with van der Waals surface area (Å²) in [7, 11) is 0. The average molecular weight is 214 g/mol. The Labute approximate surface area is 87.0 Å². The summed E-state index contributed by atoms with van der Waals surface area (Å²) in [5.74, 6) is -1.75. The summed E-state index contributed by atoms with van der Waals surface area (Å²) >= 11 is 0. The molecule has 1 heterocycles. The molecule has 6 nitrogen and oxygen atoms in total. The SMILES string of the molecule is NC(=O)C(CCC(=O)O)N1CCCC1=O. The number of hydrogen-bond donors (Lipinski definition) is 2. The van der Waals surface area contributed by atoms with Crippen molar-refractivity contribution in [2.45, 2.75) is 31.7 Å². The van der Waals surface area contributed by atoms with Crippen LogP contribution in [0, 0.1) is 0 Å². The summed E-state index contributed by atoms with van der Waals surface area (Å²) in [5, 5.41) is 8.50. The van der Waals surface area contributed by atoms with Gasteiger partial charge in [-0.3, -0.25) is 14.4 Å². The van der Waals surface area contributed by atoms with Crippen LogP contribution in [-0.2, 0) is 14.4 Å². The molecule has 0 saturated carbocycles. The molecule has 6 heteroatoms. The van der Waals surface area contributed by atoms with Gasteiger partial charge in [0.15, 0.2) is 0 Å². The van der Waals surface area contributed by atoms with Crippen molar-refractivity contribution in [2.24, 2.45) is 5.73 Å². The van der Waals surface area contributed by atoms with E-state index in [0.29, 0.717) is 19.4 Å². The highest BCUT2D eigenvalue weighted by molar-refractivity contribution is 5.88. The molecule has 2 amide bonds. The van der Waals surface area contributed by atoms with Gasteiger partial charge in [-0.15, -0.1) is 0 Å². The van der Waals surface area contributed by atoms with Gasteiger partial charge in [-0.25, -0.2) is 0 Å². The van der Waals surface area contributed by atoms with Crippen molar-refractivity contribution in [3.8, 4) is 0 Å². The number of carboxylic acid groups (broad SMARTS) is 1. The first-order chi connectivity index (χ1) is 7.02. The van der Waals surface area contributed by atoms with Gasteiger partial charge in [0.25, 0.3) is 0 Å². The van der Waals surface area contributed by atoms with Crippen LogP contribution in [0.25, 0.3) is 0 Å². The quantitative estimate of drug-likeness (QED) is 0.633. The first-order valence-electron chi connectivity index (χ1n) is 4.83. The van der Waals surface area contributed by atoms with Crippen molar-refractivity contribution in [1.29, 1.82) is 0 Å². The minimum absolute atomic E-state index is 0.0937. The molecule has 1 atom stereocenters. The molecule has 1 saturated heterocycles. The largest absolute Gasteiger partial charge is 0.481 e. The van der Waals surface area contributed by atoms with Crippen LogP contribution in [0.5, 0.6) is 0 Å². The van der Waals surface area contributed by atoms with Gasteiger partial charge < -0.3 is 15.7 Å². The highest BCUT2D eigenvalue weighted by Crippen LogP contribution is 2.16. The highest BCUT2D eigenvalue weighted by Gasteiger charge is 2.31. The molecule has 0 spiro atoms. The zero-order valence-corrected chi connectivity index (χ0v) is 8.31. The van der Waals surface area contributed by atoms with E-state index in [4.69, 9.17) is 10.8 Å². The third-order valence-corrected chi connectivity index (χ3v) is 2.45. The lowest BCUT2D eigenvalue weighted by Crippen LogP contribution is -2.45. The van der Waals surface area contributed by atoms with E-state index in [1.165, 1.54) is 4.90 Å². The first-order valence-corrected chi connectivity index (χ1v) is 4.83.